The summed E-state index contributed by atoms with van der Waals surface area (Å²) in [5, 5.41) is 5.93. The van der Waals surface area contributed by atoms with Crippen LogP contribution in [0.25, 0.3) is 0 Å². The van der Waals surface area contributed by atoms with E-state index in [4.69, 9.17) is 0 Å². The van der Waals surface area contributed by atoms with Gasteiger partial charge in [-0.1, -0.05) is 50.1 Å². The van der Waals surface area contributed by atoms with Crippen molar-refractivity contribution in [3.8, 4) is 0 Å². The Morgan fingerprint density at radius 3 is 2.53 bits per heavy atom. The zero-order valence-corrected chi connectivity index (χ0v) is 18.7. The van der Waals surface area contributed by atoms with Crippen molar-refractivity contribution in [3.05, 3.63) is 35.9 Å². The number of hydrogen-bond acceptors (Lipinski definition) is 4. The average Bonchev–Trinajstić information content (AvgIpc) is 2.96. The summed E-state index contributed by atoms with van der Waals surface area (Å²) in [7, 11) is 0. The van der Waals surface area contributed by atoms with Crippen LogP contribution in [0.3, 0.4) is 0 Å². The Morgan fingerprint density at radius 2 is 1.83 bits per heavy atom. The first-order valence-corrected chi connectivity index (χ1v) is 11.8. The lowest BCUT2D eigenvalue weighted by Crippen LogP contribution is -2.71. The number of β-lactam (4-membered cyclic amide) rings is 1. The first-order valence-electron chi connectivity index (χ1n) is 10.9. The van der Waals surface area contributed by atoms with Crippen LogP contribution in [0.5, 0.6) is 0 Å². The van der Waals surface area contributed by atoms with E-state index < -0.39 is 16.8 Å². The minimum Gasteiger partial charge on any atom is -0.351 e. The molecule has 2 unspecified atom stereocenters. The van der Waals surface area contributed by atoms with Crippen molar-refractivity contribution in [1.29, 1.82) is 0 Å². The van der Waals surface area contributed by atoms with Crippen LogP contribution in [-0.4, -0.2) is 50.9 Å². The number of carbonyl (C=O) groups excluding carboxylic acids is 3. The van der Waals surface area contributed by atoms with Gasteiger partial charge < -0.3 is 15.5 Å². The lowest BCUT2D eigenvalue weighted by molar-refractivity contribution is -0.155. The second kappa shape index (κ2) is 8.25. The van der Waals surface area contributed by atoms with Crippen molar-refractivity contribution >= 4 is 29.5 Å². The van der Waals surface area contributed by atoms with Crippen LogP contribution in [-0.2, 0) is 20.8 Å². The van der Waals surface area contributed by atoms with Crippen molar-refractivity contribution in [2.45, 2.75) is 81.1 Å². The Balaban J connectivity index is 1.40. The molecule has 3 fully saturated rings. The van der Waals surface area contributed by atoms with E-state index in [1.807, 2.05) is 44.2 Å². The molecule has 3 amide bonds. The van der Waals surface area contributed by atoms with Crippen molar-refractivity contribution < 1.29 is 14.4 Å². The first kappa shape index (κ1) is 21.2. The van der Waals surface area contributed by atoms with E-state index >= 15 is 0 Å². The normalized spacial score (nSPS) is 32.2. The van der Waals surface area contributed by atoms with Gasteiger partial charge in [0.1, 0.15) is 17.5 Å². The molecule has 4 rings (SSSR count). The molecule has 1 aromatic carbocycles. The molecule has 7 heteroatoms. The lowest BCUT2D eigenvalue weighted by Gasteiger charge is -2.44. The number of amides is 3. The molecule has 3 aliphatic rings. The number of carbonyl (C=O) groups is 3. The molecule has 0 bridgehead atoms. The molecule has 2 heterocycles. The zero-order chi connectivity index (χ0) is 21.5. The summed E-state index contributed by atoms with van der Waals surface area (Å²) in [5.74, 6) is 0.0850. The van der Waals surface area contributed by atoms with Crippen LogP contribution in [0, 0.1) is 5.92 Å². The molecule has 0 radical (unpaired) electrons. The molecule has 162 valence electrons. The van der Waals surface area contributed by atoms with E-state index in [0.29, 0.717) is 5.92 Å². The summed E-state index contributed by atoms with van der Waals surface area (Å²) in [6.45, 7) is 6.22. The summed E-state index contributed by atoms with van der Waals surface area (Å²) >= 11 is 1.61. The molecule has 30 heavy (non-hydrogen) atoms. The molecule has 1 saturated carbocycles. The molecular formula is C23H31N3O3S. The predicted octanol–water partition coefficient (Wildman–Crippen LogP) is 2.47. The van der Waals surface area contributed by atoms with Crippen LogP contribution in [0.2, 0.25) is 0 Å². The Labute approximate surface area is 182 Å². The van der Waals surface area contributed by atoms with Crippen LogP contribution in [0.1, 0.15) is 52.0 Å². The Hall–Kier alpha value is -2.02. The molecule has 0 spiro atoms. The van der Waals surface area contributed by atoms with Crippen LogP contribution in [0.4, 0.5) is 0 Å². The summed E-state index contributed by atoms with van der Waals surface area (Å²) in [6, 6.07) is 8.61. The smallest absolute Gasteiger partial charge is 0.249 e. The quantitative estimate of drug-likeness (QED) is 0.705. The predicted molar refractivity (Wildman–Crippen MR) is 118 cm³/mol. The van der Waals surface area contributed by atoms with Crippen LogP contribution < -0.4 is 10.6 Å². The molecule has 6 nitrogen and oxygen atoms in total. The Morgan fingerprint density at radius 1 is 1.13 bits per heavy atom. The van der Waals surface area contributed by atoms with Crippen molar-refractivity contribution in [3.63, 3.8) is 0 Å². The van der Waals surface area contributed by atoms with Gasteiger partial charge in [0.15, 0.2) is 0 Å². The highest BCUT2D eigenvalue weighted by atomic mass is 32.2. The van der Waals surface area contributed by atoms with Gasteiger partial charge in [0.2, 0.25) is 17.7 Å². The zero-order valence-electron chi connectivity index (χ0n) is 17.9. The number of nitrogens with one attached hydrogen (secondary N) is 2. The Bertz CT molecular complexity index is 828. The third kappa shape index (κ3) is 3.96. The van der Waals surface area contributed by atoms with Gasteiger partial charge in [0, 0.05) is 10.8 Å². The van der Waals surface area contributed by atoms with Gasteiger partial charge in [-0.25, -0.2) is 0 Å². The number of thioether (sulfide) groups is 1. The number of fused-ring (bicyclic) bond motifs is 1. The third-order valence-corrected chi connectivity index (χ3v) is 8.22. The van der Waals surface area contributed by atoms with Crippen molar-refractivity contribution in [1.82, 2.24) is 15.5 Å². The van der Waals surface area contributed by atoms with Gasteiger partial charge in [-0.3, -0.25) is 14.4 Å². The average molecular weight is 430 g/mol. The highest BCUT2D eigenvalue weighted by Crippen LogP contribution is 2.50. The number of hydrogen-bond donors (Lipinski definition) is 2. The highest BCUT2D eigenvalue weighted by molar-refractivity contribution is 8.01. The summed E-state index contributed by atoms with van der Waals surface area (Å²) < 4.78 is -0.402. The largest absolute Gasteiger partial charge is 0.351 e. The summed E-state index contributed by atoms with van der Waals surface area (Å²) in [6.07, 6.45) is 4.74. The van der Waals surface area contributed by atoms with E-state index in [2.05, 4.69) is 17.6 Å². The lowest BCUT2D eigenvalue weighted by atomic mass is 9.85. The second-order valence-electron chi connectivity index (χ2n) is 9.34. The fourth-order valence-corrected chi connectivity index (χ4v) is 6.60. The summed E-state index contributed by atoms with van der Waals surface area (Å²) in [5.41, 5.74) is 0.914. The van der Waals surface area contributed by atoms with Gasteiger partial charge in [0.05, 0.1) is 6.42 Å². The SMILES string of the molecule is CC1CCCCC1NC(=O)[C@@H]1N2C(=O)[C@@H](NC(=O)Cc3ccccc3)[C@H]2SC1(C)C. The molecule has 2 saturated heterocycles. The molecule has 2 aliphatic heterocycles. The van der Waals surface area contributed by atoms with E-state index in [1.54, 1.807) is 16.7 Å². The maximum Gasteiger partial charge on any atom is 0.249 e. The maximum absolute atomic E-state index is 13.2. The van der Waals surface area contributed by atoms with E-state index in [1.165, 1.54) is 6.42 Å². The van der Waals surface area contributed by atoms with E-state index in [0.717, 1.165) is 24.8 Å². The topological polar surface area (TPSA) is 78.5 Å². The molecule has 1 aromatic rings. The highest BCUT2D eigenvalue weighted by Gasteiger charge is 2.64. The number of rotatable bonds is 5. The fraction of sp³-hybridized carbons (Fsp3) is 0.609. The molecule has 2 N–H and O–H groups in total. The monoisotopic (exact) mass is 429 g/mol. The first-order chi connectivity index (χ1) is 14.3. The van der Waals surface area contributed by atoms with Crippen LogP contribution in [0.15, 0.2) is 30.3 Å². The molecule has 0 aromatic heterocycles. The van der Waals surface area contributed by atoms with Gasteiger partial charge in [-0.05, 0) is 38.2 Å². The molecule has 5 atom stereocenters. The molecule has 1 aliphatic carbocycles. The third-order valence-electron chi connectivity index (χ3n) is 6.65. The summed E-state index contributed by atoms with van der Waals surface area (Å²) in [4.78, 5) is 40.2. The van der Waals surface area contributed by atoms with E-state index in [-0.39, 0.29) is 35.6 Å². The van der Waals surface area contributed by atoms with Crippen LogP contribution >= 0.6 is 11.8 Å². The standard InChI is InChI=1S/C23H31N3O3S/c1-14-9-7-8-12-16(14)24-20(28)19-23(2,3)30-22-18(21(29)26(19)22)25-17(27)13-15-10-5-4-6-11-15/h4-6,10-11,14,16,18-19,22H,7-9,12-13H2,1-3H3,(H,24,28)(H,25,27)/t14?,16?,18-,19+,22-/m1/s1. The minimum atomic E-state index is -0.558. The number of benzene rings is 1. The van der Waals surface area contributed by atoms with Gasteiger partial charge in [0.25, 0.3) is 0 Å². The minimum absolute atomic E-state index is 0.0591. The maximum atomic E-state index is 13.2. The Kier molecular flexibility index (Phi) is 5.84. The van der Waals surface area contributed by atoms with Gasteiger partial charge in [-0.2, -0.15) is 0 Å². The number of nitrogens with zero attached hydrogens (tertiary/aromatic N) is 1. The van der Waals surface area contributed by atoms with E-state index in [9.17, 15) is 14.4 Å². The van der Waals surface area contributed by atoms with Crippen molar-refractivity contribution in [2.75, 3.05) is 0 Å². The molecular weight excluding hydrogens is 398 g/mol. The fourth-order valence-electron chi connectivity index (χ4n) is 4.97. The second-order valence-corrected chi connectivity index (χ2v) is 11.1. The van der Waals surface area contributed by atoms with Gasteiger partial charge in [-0.15, -0.1) is 11.8 Å². The van der Waals surface area contributed by atoms with Crippen molar-refractivity contribution in [2.24, 2.45) is 5.92 Å². The van der Waals surface area contributed by atoms with Gasteiger partial charge >= 0.3 is 0 Å².